The van der Waals surface area contributed by atoms with Gasteiger partial charge in [0.05, 0.1) is 25.5 Å². The Bertz CT molecular complexity index is 1950. The van der Waals surface area contributed by atoms with Crippen molar-refractivity contribution in [1.82, 2.24) is 30.3 Å². The van der Waals surface area contributed by atoms with Crippen molar-refractivity contribution in [2.45, 2.75) is 19.4 Å². The number of H-pyrrole nitrogens is 1. The molecule has 4 heterocycles. The molecule has 0 fully saturated rings. The van der Waals surface area contributed by atoms with Gasteiger partial charge >= 0.3 is 0 Å². The largest absolute Gasteiger partial charge is 0.497 e. The van der Waals surface area contributed by atoms with Gasteiger partial charge in [0.1, 0.15) is 41.3 Å². The molecule has 7 rings (SSSR count). The van der Waals surface area contributed by atoms with Crippen molar-refractivity contribution in [3.05, 3.63) is 150 Å². The minimum absolute atomic E-state index is 0.224. The van der Waals surface area contributed by atoms with Gasteiger partial charge in [-0.15, -0.1) is 0 Å². The molecule has 0 unspecified atom stereocenters. The maximum Gasteiger partial charge on any atom is 0.126 e. The van der Waals surface area contributed by atoms with Gasteiger partial charge in [-0.3, -0.25) is 9.78 Å². The lowest BCUT2D eigenvalue weighted by Gasteiger charge is -2.04. The van der Waals surface area contributed by atoms with Crippen molar-refractivity contribution in [2.24, 2.45) is 0 Å². The van der Waals surface area contributed by atoms with E-state index in [-0.39, 0.29) is 11.6 Å². The van der Waals surface area contributed by atoms with Crippen LogP contribution in [-0.2, 0) is 19.4 Å². The standard InChI is InChI=1S/C21H18FN3O2.C13H10FN3O/c1-26-17-8-6-15(7-9-17)13-25-14-18(20-10-11-27-24-20)21(23-25)12-16-4-2-3-5-19(16)22;14-11-4-2-1-3-9(11)7-13-10(8-15-16-13)12-5-6-18-17-12/h2-11,14H,12-13H2,1H3;1-6,8H,7H2,(H,15,16). The van der Waals surface area contributed by atoms with Crippen LogP contribution in [0.15, 0.2) is 119 Å². The first-order chi connectivity index (χ1) is 22.1. The van der Waals surface area contributed by atoms with Gasteiger partial charge in [-0.2, -0.15) is 10.2 Å². The molecule has 0 amide bonds. The molecule has 0 spiro atoms. The van der Waals surface area contributed by atoms with E-state index in [4.69, 9.17) is 13.8 Å². The third-order valence-corrected chi connectivity index (χ3v) is 7.13. The van der Waals surface area contributed by atoms with E-state index in [2.05, 4.69) is 25.6 Å². The van der Waals surface area contributed by atoms with Gasteiger partial charge in [-0.25, -0.2) is 8.78 Å². The second kappa shape index (κ2) is 13.6. The average Bonchev–Trinajstić information content (AvgIpc) is 3.88. The smallest absolute Gasteiger partial charge is 0.126 e. The number of aromatic nitrogens is 6. The number of halogens is 2. The Kier molecular flexibility index (Phi) is 8.86. The van der Waals surface area contributed by atoms with Gasteiger partial charge in [0, 0.05) is 48.0 Å². The molecule has 9 nitrogen and oxygen atoms in total. The summed E-state index contributed by atoms with van der Waals surface area (Å²) in [6.45, 7) is 0.589. The summed E-state index contributed by atoms with van der Waals surface area (Å²) in [6, 6.07) is 24.7. The Balaban J connectivity index is 0.000000172. The highest BCUT2D eigenvalue weighted by atomic mass is 19.1. The van der Waals surface area contributed by atoms with Crippen molar-refractivity contribution in [1.29, 1.82) is 0 Å². The molecule has 226 valence electrons. The zero-order chi connectivity index (χ0) is 31.0. The molecule has 4 aromatic heterocycles. The highest BCUT2D eigenvalue weighted by molar-refractivity contribution is 5.61. The highest BCUT2D eigenvalue weighted by Gasteiger charge is 2.16. The van der Waals surface area contributed by atoms with E-state index in [1.54, 1.807) is 49.7 Å². The lowest BCUT2D eigenvalue weighted by Crippen LogP contribution is -2.02. The fourth-order valence-electron chi connectivity index (χ4n) is 4.83. The number of benzene rings is 3. The quantitative estimate of drug-likeness (QED) is 0.186. The summed E-state index contributed by atoms with van der Waals surface area (Å²) in [5.41, 5.74) is 6.90. The number of nitrogens with zero attached hydrogens (tertiary/aromatic N) is 5. The van der Waals surface area contributed by atoms with Crippen molar-refractivity contribution < 1.29 is 22.6 Å². The lowest BCUT2D eigenvalue weighted by atomic mass is 10.1. The molecule has 3 aromatic carbocycles. The minimum atomic E-state index is -0.242. The van der Waals surface area contributed by atoms with Crippen LogP contribution in [0.2, 0.25) is 0 Å². The van der Waals surface area contributed by atoms with Crippen LogP contribution in [0.1, 0.15) is 28.1 Å². The average molecular weight is 607 g/mol. The topological polar surface area (TPSA) is 108 Å². The predicted molar refractivity (Wildman–Crippen MR) is 162 cm³/mol. The van der Waals surface area contributed by atoms with E-state index in [0.29, 0.717) is 41.9 Å². The second-order valence-electron chi connectivity index (χ2n) is 10.1. The van der Waals surface area contributed by atoms with Crippen LogP contribution in [0.5, 0.6) is 5.75 Å². The molecule has 0 saturated carbocycles. The minimum Gasteiger partial charge on any atom is -0.497 e. The molecule has 45 heavy (non-hydrogen) atoms. The molecule has 0 atom stereocenters. The first-order valence-electron chi connectivity index (χ1n) is 14.1. The first kappa shape index (κ1) is 29.2. The van der Waals surface area contributed by atoms with Crippen molar-refractivity contribution in [3.63, 3.8) is 0 Å². The van der Waals surface area contributed by atoms with E-state index in [1.807, 2.05) is 47.3 Å². The fraction of sp³-hybridized carbons (Fsp3) is 0.118. The molecule has 0 saturated heterocycles. The molecular weight excluding hydrogens is 578 g/mol. The molecular formula is C34H28F2N6O3. The Morgan fingerprint density at radius 1 is 0.756 bits per heavy atom. The van der Waals surface area contributed by atoms with Crippen LogP contribution >= 0.6 is 0 Å². The summed E-state index contributed by atoms with van der Waals surface area (Å²) in [4.78, 5) is 0. The normalized spacial score (nSPS) is 10.8. The Morgan fingerprint density at radius 2 is 1.38 bits per heavy atom. The number of nitrogens with one attached hydrogen (secondary N) is 1. The van der Waals surface area contributed by atoms with Crippen molar-refractivity contribution in [3.8, 4) is 28.3 Å². The summed E-state index contributed by atoms with van der Waals surface area (Å²) in [5, 5.41) is 19.4. The number of ether oxygens (including phenoxy) is 1. The zero-order valence-electron chi connectivity index (χ0n) is 24.2. The summed E-state index contributed by atoms with van der Waals surface area (Å²) in [5.74, 6) is 0.342. The van der Waals surface area contributed by atoms with Crippen LogP contribution < -0.4 is 4.74 Å². The lowest BCUT2D eigenvalue weighted by molar-refractivity contribution is 0.414. The van der Waals surface area contributed by atoms with E-state index in [9.17, 15) is 8.78 Å². The van der Waals surface area contributed by atoms with Crippen LogP contribution in [-0.4, -0.2) is 37.4 Å². The van der Waals surface area contributed by atoms with Crippen LogP contribution in [0, 0.1) is 11.6 Å². The van der Waals surface area contributed by atoms with Gasteiger partial charge in [-0.1, -0.05) is 58.8 Å². The monoisotopic (exact) mass is 606 g/mol. The van der Waals surface area contributed by atoms with Crippen LogP contribution in [0.3, 0.4) is 0 Å². The summed E-state index contributed by atoms with van der Waals surface area (Å²) in [7, 11) is 1.64. The SMILES string of the molecule is COc1ccc(Cn2cc(-c3ccon3)c(Cc3ccccc3F)n2)cc1.Fc1ccccc1Cc1[nH]ncc1-c1ccon1. The first-order valence-corrected chi connectivity index (χ1v) is 14.1. The molecule has 1 N–H and O–H groups in total. The highest BCUT2D eigenvalue weighted by Crippen LogP contribution is 2.26. The predicted octanol–water partition coefficient (Wildman–Crippen LogP) is 7.12. The molecule has 0 bridgehead atoms. The third-order valence-electron chi connectivity index (χ3n) is 7.13. The Morgan fingerprint density at radius 3 is 1.98 bits per heavy atom. The number of hydrogen-bond acceptors (Lipinski definition) is 7. The van der Waals surface area contributed by atoms with E-state index in [1.165, 1.54) is 24.7 Å². The number of aromatic amines is 1. The van der Waals surface area contributed by atoms with E-state index >= 15 is 0 Å². The summed E-state index contributed by atoms with van der Waals surface area (Å²) < 4.78 is 44.5. The third kappa shape index (κ3) is 7.04. The van der Waals surface area contributed by atoms with Gasteiger partial charge in [0.15, 0.2) is 0 Å². The summed E-state index contributed by atoms with van der Waals surface area (Å²) in [6.07, 6.45) is 7.41. The maximum atomic E-state index is 14.1. The molecule has 0 aliphatic carbocycles. The molecule has 7 aromatic rings. The molecule has 0 aliphatic rings. The molecule has 11 heteroatoms. The van der Waals surface area contributed by atoms with Gasteiger partial charge in [0.25, 0.3) is 0 Å². The van der Waals surface area contributed by atoms with Gasteiger partial charge in [0.2, 0.25) is 0 Å². The maximum absolute atomic E-state index is 14.1. The second-order valence-corrected chi connectivity index (χ2v) is 10.1. The number of hydrogen-bond donors (Lipinski definition) is 1. The van der Waals surface area contributed by atoms with Crippen LogP contribution in [0.25, 0.3) is 22.5 Å². The van der Waals surface area contributed by atoms with Crippen LogP contribution in [0.4, 0.5) is 8.78 Å². The van der Waals surface area contributed by atoms with Gasteiger partial charge < -0.3 is 13.8 Å². The number of rotatable bonds is 9. The molecule has 0 aliphatic heterocycles. The Hall–Kier alpha value is -5.84. The molecule has 0 radical (unpaired) electrons. The zero-order valence-corrected chi connectivity index (χ0v) is 24.2. The van der Waals surface area contributed by atoms with Gasteiger partial charge in [-0.05, 0) is 41.0 Å². The Labute approximate surface area is 257 Å². The van der Waals surface area contributed by atoms with E-state index < -0.39 is 0 Å². The number of methoxy groups -OCH3 is 1. The summed E-state index contributed by atoms with van der Waals surface area (Å²) >= 11 is 0. The van der Waals surface area contributed by atoms with Crippen molar-refractivity contribution in [2.75, 3.05) is 7.11 Å². The van der Waals surface area contributed by atoms with Crippen molar-refractivity contribution >= 4 is 0 Å². The van der Waals surface area contributed by atoms with E-state index in [0.717, 1.165) is 33.8 Å². The fourth-order valence-corrected chi connectivity index (χ4v) is 4.83.